The third-order valence-corrected chi connectivity index (χ3v) is 6.37. The van der Waals surface area contributed by atoms with Crippen LogP contribution in [0.25, 0.3) is 22.3 Å². The second kappa shape index (κ2) is 10.1. The average molecular weight is 502 g/mol. The lowest BCUT2D eigenvalue weighted by atomic mass is 9.76. The van der Waals surface area contributed by atoms with E-state index in [1.54, 1.807) is 24.3 Å². The van der Waals surface area contributed by atoms with Crippen LogP contribution in [0.2, 0.25) is 0 Å². The summed E-state index contributed by atoms with van der Waals surface area (Å²) in [6.07, 6.45) is 0. The van der Waals surface area contributed by atoms with E-state index in [4.69, 9.17) is 13.9 Å². The SMILES string of the molecule is CC(C)(C)c1ccc(-c2cc(O[PH](=O)O)ccc2-c2ccc(O[PH](=O)O)cc2)c(C(C)(C)C)c1. The van der Waals surface area contributed by atoms with Gasteiger partial charge in [0.15, 0.2) is 0 Å². The summed E-state index contributed by atoms with van der Waals surface area (Å²) in [5.74, 6) is 0.615. The van der Waals surface area contributed by atoms with Gasteiger partial charge in [0.2, 0.25) is 0 Å². The lowest BCUT2D eigenvalue weighted by Gasteiger charge is -2.28. The number of hydrogen-bond acceptors (Lipinski definition) is 4. The molecule has 0 aliphatic carbocycles. The van der Waals surface area contributed by atoms with Gasteiger partial charge in [-0.05, 0) is 68.5 Å². The molecule has 0 amide bonds. The maximum atomic E-state index is 11.4. The molecule has 0 radical (unpaired) electrons. The third kappa shape index (κ3) is 6.40. The van der Waals surface area contributed by atoms with Gasteiger partial charge < -0.3 is 18.8 Å². The predicted octanol–water partition coefficient (Wildman–Crippen LogP) is 7.14. The molecule has 2 unspecified atom stereocenters. The molecule has 0 fully saturated rings. The Balaban J connectivity index is 2.25. The Kier molecular flexibility index (Phi) is 7.79. The molecule has 0 aliphatic rings. The Morgan fingerprint density at radius 3 is 1.68 bits per heavy atom. The van der Waals surface area contributed by atoms with E-state index in [0.717, 1.165) is 27.8 Å². The molecule has 6 nitrogen and oxygen atoms in total. The molecule has 0 bridgehead atoms. The van der Waals surface area contributed by atoms with E-state index in [1.807, 2.05) is 18.2 Å². The second-order valence-corrected chi connectivity index (χ2v) is 11.7. The quantitative estimate of drug-likeness (QED) is 0.348. The fraction of sp³-hybridized carbons (Fsp3) is 0.308. The highest BCUT2D eigenvalue weighted by molar-refractivity contribution is 7.32. The van der Waals surface area contributed by atoms with Crippen LogP contribution >= 0.6 is 16.5 Å². The van der Waals surface area contributed by atoms with Gasteiger partial charge in [-0.3, -0.25) is 0 Å². The first kappa shape index (κ1) is 26.2. The first-order valence-corrected chi connectivity index (χ1v) is 13.5. The van der Waals surface area contributed by atoms with Gasteiger partial charge in [-0.2, -0.15) is 0 Å². The highest BCUT2D eigenvalue weighted by Gasteiger charge is 2.24. The van der Waals surface area contributed by atoms with Crippen LogP contribution in [0.5, 0.6) is 11.5 Å². The number of benzene rings is 3. The molecule has 3 rings (SSSR count). The Morgan fingerprint density at radius 2 is 1.15 bits per heavy atom. The Morgan fingerprint density at radius 1 is 0.618 bits per heavy atom. The van der Waals surface area contributed by atoms with Gasteiger partial charge in [0.1, 0.15) is 11.5 Å². The fourth-order valence-electron chi connectivity index (χ4n) is 3.83. The van der Waals surface area contributed by atoms with Crippen molar-refractivity contribution < 1.29 is 28.0 Å². The Bertz CT molecular complexity index is 1220. The molecule has 0 saturated heterocycles. The van der Waals surface area contributed by atoms with Crippen molar-refractivity contribution >= 4 is 16.5 Å². The van der Waals surface area contributed by atoms with Crippen molar-refractivity contribution in [1.82, 2.24) is 0 Å². The van der Waals surface area contributed by atoms with Crippen molar-refractivity contribution in [2.24, 2.45) is 0 Å². The van der Waals surface area contributed by atoms with E-state index < -0.39 is 16.5 Å². The van der Waals surface area contributed by atoms with Gasteiger partial charge in [-0.15, -0.1) is 0 Å². The zero-order valence-corrected chi connectivity index (χ0v) is 22.3. The van der Waals surface area contributed by atoms with Gasteiger partial charge in [-0.25, -0.2) is 9.13 Å². The first-order chi connectivity index (χ1) is 15.8. The third-order valence-electron chi connectivity index (χ3n) is 5.55. The first-order valence-electron chi connectivity index (χ1n) is 11.0. The normalized spacial score (nSPS) is 13.9. The van der Waals surface area contributed by atoms with E-state index in [-0.39, 0.29) is 10.8 Å². The maximum Gasteiger partial charge on any atom is 0.365 e. The van der Waals surface area contributed by atoms with Crippen LogP contribution in [0.1, 0.15) is 52.7 Å². The lowest BCUT2D eigenvalue weighted by molar-refractivity contribution is 0.409. The van der Waals surface area contributed by atoms with Crippen LogP contribution in [-0.2, 0) is 20.0 Å². The average Bonchev–Trinajstić information content (AvgIpc) is 2.72. The van der Waals surface area contributed by atoms with Gasteiger partial charge in [0.25, 0.3) is 0 Å². The highest BCUT2D eigenvalue weighted by atomic mass is 31.1. The second-order valence-electron chi connectivity index (χ2n) is 10.2. The van der Waals surface area contributed by atoms with Crippen LogP contribution in [0.4, 0.5) is 0 Å². The largest absolute Gasteiger partial charge is 0.426 e. The molecule has 3 aromatic carbocycles. The summed E-state index contributed by atoms with van der Waals surface area (Å²) in [6, 6.07) is 18.7. The molecule has 0 heterocycles. The monoisotopic (exact) mass is 502 g/mol. The summed E-state index contributed by atoms with van der Waals surface area (Å²) in [5.41, 5.74) is 5.79. The highest BCUT2D eigenvalue weighted by Crippen LogP contribution is 2.43. The summed E-state index contributed by atoms with van der Waals surface area (Å²) >= 11 is 0. The summed E-state index contributed by atoms with van der Waals surface area (Å²) in [6.45, 7) is 13.0. The van der Waals surface area contributed by atoms with Crippen molar-refractivity contribution in [1.29, 1.82) is 0 Å². The summed E-state index contributed by atoms with van der Waals surface area (Å²) in [5, 5.41) is 0. The zero-order chi connectivity index (χ0) is 25.3. The van der Waals surface area contributed by atoms with Crippen molar-refractivity contribution in [3.8, 4) is 33.8 Å². The number of rotatable bonds is 6. The molecule has 0 saturated carbocycles. The minimum absolute atomic E-state index is 0.0204. The maximum absolute atomic E-state index is 11.4. The van der Waals surface area contributed by atoms with E-state index in [2.05, 4.69) is 59.7 Å². The molecule has 2 N–H and O–H groups in total. The standard InChI is InChI=1S/C26H32O6P2/c1-25(2,3)18-9-13-22(24(15-18)26(4,5)6)23-16-20(32-34(29)30)12-14-21(23)17-7-10-19(11-8-17)31-33(27)28/h7-16,33-34H,1-6H3,(H,27,28)(H,29,30). The molecule has 34 heavy (non-hydrogen) atoms. The van der Waals surface area contributed by atoms with Gasteiger partial charge >= 0.3 is 16.5 Å². The summed E-state index contributed by atoms with van der Waals surface area (Å²) < 4.78 is 32.5. The van der Waals surface area contributed by atoms with Crippen molar-refractivity contribution in [3.63, 3.8) is 0 Å². The van der Waals surface area contributed by atoms with Gasteiger partial charge in [0.05, 0.1) is 0 Å². The summed E-state index contributed by atoms with van der Waals surface area (Å²) in [7, 11) is -6.25. The molecule has 0 aromatic heterocycles. The van der Waals surface area contributed by atoms with E-state index in [0.29, 0.717) is 11.5 Å². The van der Waals surface area contributed by atoms with Gasteiger partial charge in [-0.1, -0.05) is 77.9 Å². The van der Waals surface area contributed by atoms with E-state index in [1.165, 1.54) is 5.56 Å². The topological polar surface area (TPSA) is 93.1 Å². The molecule has 8 heteroatoms. The molecule has 0 aliphatic heterocycles. The molecular formula is C26H32O6P2. The van der Waals surface area contributed by atoms with E-state index >= 15 is 0 Å². The Labute approximate surface area is 202 Å². The van der Waals surface area contributed by atoms with Crippen molar-refractivity contribution in [2.75, 3.05) is 0 Å². The van der Waals surface area contributed by atoms with Crippen molar-refractivity contribution in [3.05, 3.63) is 71.8 Å². The summed E-state index contributed by atoms with van der Waals surface area (Å²) in [4.78, 5) is 18.4. The van der Waals surface area contributed by atoms with Crippen LogP contribution in [-0.4, -0.2) is 9.79 Å². The van der Waals surface area contributed by atoms with Crippen LogP contribution in [0.15, 0.2) is 60.7 Å². The van der Waals surface area contributed by atoms with Crippen LogP contribution in [0.3, 0.4) is 0 Å². The Hall–Kier alpha value is -2.36. The van der Waals surface area contributed by atoms with E-state index in [9.17, 15) is 14.0 Å². The minimum atomic E-state index is -3.16. The van der Waals surface area contributed by atoms with Gasteiger partial charge in [0, 0.05) is 0 Å². The smallest absolute Gasteiger partial charge is 0.365 e. The van der Waals surface area contributed by atoms with Crippen LogP contribution < -0.4 is 9.05 Å². The fourth-order valence-corrected chi connectivity index (χ4v) is 4.50. The predicted molar refractivity (Wildman–Crippen MR) is 138 cm³/mol. The molecule has 3 aromatic rings. The number of hydrogen-bond donors (Lipinski definition) is 2. The molecular weight excluding hydrogens is 470 g/mol. The zero-order valence-electron chi connectivity index (χ0n) is 20.3. The molecule has 182 valence electrons. The minimum Gasteiger partial charge on any atom is -0.426 e. The van der Waals surface area contributed by atoms with Crippen molar-refractivity contribution in [2.45, 2.75) is 52.4 Å². The molecule has 2 atom stereocenters. The molecule has 0 spiro atoms. The van der Waals surface area contributed by atoms with Crippen LogP contribution in [0, 0.1) is 0 Å². The lowest BCUT2D eigenvalue weighted by Crippen LogP contribution is -2.17.